The van der Waals surface area contributed by atoms with E-state index in [0.717, 1.165) is 17.0 Å². The van der Waals surface area contributed by atoms with Gasteiger partial charge in [-0.3, -0.25) is 9.59 Å². The molecule has 0 aliphatic carbocycles. The predicted molar refractivity (Wildman–Crippen MR) is 106 cm³/mol. The summed E-state index contributed by atoms with van der Waals surface area (Å²) in [6, 6.07) is 6.39. The number of likely N-dealkylation sites (N-methyl/N-ethyl adjacent to an activating group) is 1. The highest BCUT2D eigenvalue weighted by Gasteiger charge is 2.33. The van der Waals surface area contributed by atoms with Crippen LogP contribution >= 0.6 is 11.6 Å². The summed E-state index contributed by atoms with van der Waals surface area (Å²) in [5.74, 6) is -1.77. The number of anilines is 1. The molecule has 0 heterocycles. The highest BCUT2D eigenvalue weighted by Crippen LogP contribution is 2.36. The van der Waals surface area contributed by atoms with Gasteiger partial charge in [-0.15, -0.1) is 0 Å². The molecule has 1 N–H and O–H groups in total. The van der Waals surface area contributed by atoms with Crippen LogP contribution in [-0.4, -0.2) is 43.5 Å². The lowest BCUT2D eigenvalue weighted by molar-refractivity contribution is -0.137. The first-order valence-electron chi connectivity index (χ1n) is 9.06. The van der Waals surface area contributed by atoms with Crippen LogP contribution in [0.5, 0.6) is 11.5 Å². The molecule has 0 atom stereocenters. The van der Waals surface area contributed by atoms with Crippen LogP contribution < -0.4 is 14.8 Å². The first kappa shape index (κ1) is 25.2. The number of benzene rings is 2. The Bertz CT molecular complexity index is 985. The second kappa shape index (κ2) is 10.5. The Morgan fingerprint density at radius 2 is 1.81 bits per heavy atom. The van der Waals surface area contributed by atoms with Crippen molar-refractivity contribution in [3.8, 4) is 11.5 Å². The predicted octanol–water partition coefficient (Wildman–Crippen LogP) is 5.07. The van der Waals surface area contributed by atoms with E-state index < -0.39 is 41.7 Å². The van der Waals surface area contributed by atoms with Gasteiger partial charge in [0.15, 0.2) is 11.5 Å². The second-order valence-corrected chi connectivity index (χ2v) is 6.78. The first-order valence-corrected chi connectivity index (χ1v) is 9.43. The number of nitrogens with zero attached hydrogens (tertiary/aromatic N) is 1. The lowest BCUT2D eigenvalue weighted by Gasteiger charge is -2.19. The minimum absolute atomic E-state index is 0.0243. The van der Waals surface area contributed by atoms with Crippen LogP contribution in [0, 0.1) is 0 Å². The molecule has 0 aromatic heterocycles. The third kappa shape index (κ3) is 6.71. The van der Waals surface area contributed by atoms with E-state index in [4.69, 9.17) is 16.3 Å². The van der Waals surface area contributed by atoms with Gasteiger partial charge >= 0.3 is 12.8 Å². The van der Waals surface area contributed by atoms with Gasteiger partial charge < -0.3 is 19.7 Å². The van der Waals surface area contributed by atoms with Crippen molar-refractivity contribution >= 4 is 29.1 Å². The van der Waals surface area contributed by atoms with Crippen molar-refractivity contribution in [2.45, 2.75) is 19.7 Å². The van der Waals surface area contributed by atoms with Crippen molar-refractivity contribution in [2.75, 3.05) is 25.5 Å². The lowest BCUT2D eigenvalue weighted by atomic mass is 10.1. The van der Waals surface area contributed by atoms with Crippen molar-refractivity contribution in [1.82, 2.24) is 4.90 Å². The molecule has 2 rings (SSSR count). The van der Waals surface area contributed by atoms with Gasteiger partial charge in [-0.2, -0.15) is 22.0 Å². The molecule has 0 aliphatic heterocycles. The molecule has 6 nitrogen and oxygen atoms in total. The molecule has 12 heteroatoms. The van der Waals surface area contributed by atoms with Gasteiger partial charge in [0, 0.05) is 18.3 Å². The number of carbonyl (C=O) groups excluding carboxylic acids is 2. The summed E-state index contributed by atoms with van der Waals surface area (Å²) >= 11 is 5.54. The lowest BCUT2D eigenvalue weighted by Crippen LogP contribution is -2.35. The van der Waals surface area contributed by atoms with E-state index >= 15 is 0 Å². The molecule has 0 saturated heterocycles. The molecule has 2 amide bonds. The zero-order valence-corrected chi connectivity index (χ0v) is 17.6. The van der Waals surface area contributed by atoms with E-state index in [9.17, 15) is 31.5 Å². The maximum Gasteiger partial charge on any atom is 0.417 e. The number of rotatable bonds is 8. The highest BCUT2D eigenvalue weighted by molar-refractivity contribution is 6.31. The van der Waals surface area contributed by atoms with E-state index in [0.29, 0.717) is 6.07 Å². The molecule has 0 fully saturated rings. The van der Waals surface area contributed by atoms with E-state index in [2.05, 4.69) is 10.1 Å². The maximum absolute atomic E-state index is 12.9. The SMILES string of the molecule is CCOc1cc(C(=O)N(C)CC(=O)Nc2ccc(Cl)c(C(F)(F)F)c2)ccc1OC(F)F. The van der Waals surface area contributed by atoms with Crippen LogP contribution in [0.15, 0.2) is 36.4 Å². The molecule has 32 heavy (non-hydrogen) atoms. The molecule has 0 spiro atoms. The summed E-state index contributed by atoms with van der Waals surface area (Å²) in [4.78, 5) is 25.8. The zero-order valence-electron chi connectivity index (χ0n) is 16.8. The van der Waals surface area contributed by atoms with Crippen LogP contribution in [0.3, 0.4) is 0 Å². The molecule has 2 aromatic carbocycles. The molecular weight excluding hydrogens is 463 g/mol. The van der Waals surface area contributed by atoms with Gasteiger partial charge in [-0.25, -0.2) is 0 Å². The zero-order chi connectivity index (χ0) is 24.1. The molecule has 0 radical (unpaired) electrons. The van der Waals surface area contributed by atoms with Crippen LogP contribution in [0.4, 0.5) is 27.6 Å². The fourth-order valence-electron chi connectivity index (χ4n) is 2.63. The molecule has 2 aromatic rings. The van der Waals surface area contributed by atoms with Crippen molar-refractivity contribution < 1.29 is 41.0 Å². The van der Waals surface area contributed by atoms with E-state index in [1.165, 1.54) is 25.2 Å². The minimum Gasteiger partial charge on any atom is -0.490 e. The van der Waals surface area contributed by atoms with Gasteiger partial charge in [0.1, 0.15) is 0 Å². The Hall–Kier alpha value is -3.08. The normalized spacial score (nSPS) is 11.3. The topological polar surface area (TPSA) is 67.9 Å². The van der Waals surface area contributed by atoms with Gasteiger partial charge in [-0.1, -0.05) is 11.6 Å². The maximum atomic E-state index is 12.9. The van der Waals surface area contributed by atoms with Crippen LogP contribution in [0.2, 0.25) is 5.02 Å². The molecule has 0 unspecified atom stereocenters. The van der Waals surface area contributed by atoms with Crippen molar-refractivity contribution in [1.29, 1.82) is 0 Å². The number of ether oxygens (including phenoxy) is 2. The Morgan fingerprint density at radius 3 is 2.41 bits per heavy atom. The molecule has 0 aliphatic rings. The van der Waals surface area contributed by atoms with E-state index in [-0.39, 0.29) is 29.4 Å². The summed E-state index contributed by atoms with van der Waals surface area (Å²) < 4.78 is 73.4. The largest absolute Gasteiger partial charge is 0.490 e. The number of nitrogens with one attached hydrogen (secondary N) is 1. The number of hydrogen-bond acceptors (Lipinski definition) is 4. The minimum atomic E-state index is -4.71. The number of carbonyl (C=O) groups is 2. The van der Waals surface area contributed by atoms with Crippen LogP contribution in [0.25, 0.3) is 0 Å². The Labute approximate surface area is 184 Å². The van der Waals surface area contributed by atoms with Gasteiger partial charge in [0.25, 0.3) is 5.91 Å². The average molecular weight is 481 g/mol. The molecule has 0 bridgehead atoms. The van der Waals surface area contributed by atoms with Crippen molar-refractivity contribution in [2.24, 2.45) is 0 Å². The molecule has 174 valence electrons. The van der Waals surface area contributed by atoms with Crippen molar-refractivity contribution in [3.05, 3.63) is 52.5 Å². The van der Waals surface area contributed by atoms with Crippen LogP contribution in [-0.2, 0) is 11.0 Å². The second-order valence-electron chi connectivity index (χ2n) is 6.37. The standard InChI is InChI=1S/C20H18ClF5N2O4/c1-3-31-16-8-11(4-7-15(16)32-19(22)23)18(30)28(2)10-17(29)27-12-5-6-14(21)13(9-12)20(24,25)26/h4-9,19H,3,10H2,1-2H3,(H,27,29). The average Bonchev–Trinajstić information content (AvgIpc) is 2.69. The fourth-order valence-corrected chi connectivity index (χ4v) is 2.86. The van der Waals surface area contributed by atoms with E-state index in [1.54, 1.807) is 6.92 Å². The fraction of sp³-hybridized carbons (Fsp3) is 0.300. The van der Waals surface area contributed by atoms with Gasteiger partial charge in [-0.05, 0) is 43.3 Å². The van der Waals surface area contributed by atoms with Crippen molar-refractivity contribution in [3.63, 3.8) is 0 Å². The summed E-state index contributed by atoms with van der Waals surface area (Å²) in [5, 5.41) is 1.74. The number of amides is 2. The first-order chi connectivity index (χ1) is 14.9. The highest BCUT2D eigenvalue weighted by atomic mass is 35.5. The van der Waals surface area contributed by atoms with Gasteiger partial charge in [0.05, 0.1) is 23.7 Å². The Morgan fingerprint density at radius 1 is 1.12 bits per heavy atom. The van der Waals surface area contributed by atoms with E-state index in [1.807, 2.05) is 0 Å². The molecule has 0 saturated carbocycles. The third-order valence-corrected chi connectivity index (χ3v) is 4.32. The smallest absolute Gasteiger partial charge is 0.417 e. The Balaban J connectivity index is 2.10. The Kier molecular flexibility index (Phi) is 8.25. The number of hydrogen-bond donors (Lipinski definition) is 1. The summed E-state index contributed by atoms with van der Waals surface area (Å²) in [6.45, 7) is -1.86. The summed E-state index contributed by atoms with van der Waals surface area (Å²) in [7, 11) is 1.29. The third-order valence-electron chi connectivity index (χ3n) is 3.99. The number of alkyl halides is 5. The summed E-state index contributed by atoms with van der Waals surface area (Å²) in [5.41, 5.74) is -1.24. The quantitative estimate of drug-likeness (QED) is 0.536. The van der Waals surface area contributed by atoms with Gasteiger partial charge in [0.2, 0.25) is 5.91 Å². The monoisotopic (exact) mass is 480 g/mol. The number of halogens is 6. The van der Waals surface area contributed by atoms with Crippen LogP contribution in [0.1, 0.15) is 22.8 Å². The summed E-state index contributed by atoms with van der Waals surface area (Å²) in [6.07, 6.45) is -4.71. The molecular formula is C20H18ClF5N2O4.